The van der Waals surface area contributed by atoms with Gasteiger partial charge >= 0.3 is 5.97 Å². The molecule has 0 spiro atoms. The molecule has 1 aliphatic rings. The third-order valence-electron chi connectivity index (χ3n) is 5.68. The van der Waals surface area contributed by atoms with Crippen LogP contribution in [0.4, 0.5) is 0 Å². The van der Waals surface area contributed by atoms with Crippen molar-refractivity contribution in [1.29, 1.82) is 0 Å². The number of fused-ring (bicyclic) bond motifs is 2. The highest BCUT2D eigenvalue weighted by Crippen LogP contribution is 2.42. The molecule has 3 rings (SSSR count). The van der Waals surface area contributed by atoms with E-state index in [9.17, 15) is 25.2 Å². The zero-order valence-corrected chi connectivity index (χ0v) is 17.6. The second-order valence-corrected chi connectivity index (χ2v) is 8.09. The van der Waals surface area contributed by atoms with Crippen molar-refractivity contribution in [2.45, 2.75) is 63.3 Å². The summed E-state index contributed by atoms with van der Waals surface area (Å²) in [4.78, 5) is 12.6. The number of aromatic hydroxyl groups is 2. The van der Waals surface area contributed by atoms with Gasteiger partial charge in [-0.25, -0.2) is 4.79 Å². The summed E-state index contributed by atoms with van der Waals surface area (Å²) in [5, 5.41) is 50.8. The van der Waals surface area contributed by atoms with Gasteiger partial charge in [-0.3, -0.25) is 0 Å². The van der Waals surface area contributed by atoms with E-state index in [1.165, 1.54) is 13.2 Å². The van der Waals surface area contributed by atoms with Gasteiger partial charge in [-0.05, 0) is 42.3 Å². The maximum Gasteiger partial charge on any atom is 0.342 e. The van der Waals surface area contributed by atoms with Gasteiger partial charge in [0.2, 0.25) is 0 Å². The summed E-state index contributed by atoms with van der Waals surface area (Å²) < 4.78 is 10.6. The van der Waals surface area contributed by atoms with E-state index in [-0.39, 0.29) is 41.9 Å². The van der Waals surface area contributed by atoms with E-state index in [0.717, 1.165) is 12.8 Å². The van der Waals surface area contributed by atoms with Crippen LogP contribution in [0.25, 0.3) is 10.8 Å². The van der Waals surface area contributed by atoms with Crippen LogP contribution in [-0.4, -0.2) is 63.5 Å². The maximum absolute atomic E-state index is 12.6. The lowest BCUT2D eigenvalue weighted by atomic mass is 9.90. The summed E-state index contributed by atoms with van der Waals surface area (Å²) in [7, 11) is 1.47. The summed E-state index contributed by atoms with van der Waals surface area (Å²) in [5.41, 5.74) is 0.582. The van der Waals surface area contributed by atoms with Crippen molar-refractivity contribution < 1.29 is 39.8 Å². The minimum atomic E-state index is -0.842. The number of methoxy groups -OCH3 is 1. The molecule has 2 aromatic carbocycles. The molecule has 5 N–H and O–H groups in total. The van der Waals surface area contributed by atoms with Crippen LogP contribution in [0, 0.1) is 0 Å². The van der Waals surface area contributed by atoms with Gasteiger partial charge in [-0.15, -0.1) is 0 Å². The predicted molar refractivity (Wildman–Crippen MR) is 114 cm³/mol. The van der Waals surface area contributed by atoms with Gasteiger partial charge in [0, 0.05) is 25.5 Å². The number of carbonyl (C=O) groups is 1. The molecule has 2 unspecified atom stereocenters. The minimum Gasteiger partial charge on any atom is -0.507 e. The first kappa shape index (κ1) is 23.1. The van der Waals surface area contributed by atoms with E-state index in [0.29, 0.717) is 36.0 Å². The zero-order valence-electron chi connectivity index (χ0n) is 17.6. The lowest BCUT2D eigenvalue weighted by Gasteiger charge is -2.28. The number of rotatable bonds is 10. The number of aliphatic hydroxyl groups is 3. The second-order valence-electron chi connectivity index (χ2n) is 8.09. The van der Waals surface area contributed by atoms with Crippen LogP contribution in [0.15, 0.2) is 18.2 Å². The van der Waals surface area contributed by atoms with E-state index in [4.69, 9.17) is 14.6 Å². The fourth-order valence-electron chi connectivity index (χ4n) is 4.17. The lowest BCUT2D eigenvalue weighted by Crippen LogP contribution is -2.32. The third kappa shape index (κ3) is 5.39. The van der Waals surface area contributed by atoms with Crippen molar-refractivity contribution in [3.05, 3.63) is 29.3 Å². The average molecular weight is 434 g/mol. The summed E-state index contributed by atoms with van der Waals surface area (Å²) in [6.45, 7) is 0.129. The van der Waals surface area contributed by atoms with Gasteiger partial charge in [0.1, 0.15) is 28.9 Å². The smallest absolute Gasteiger partial charge is 0.342 e. The Bertz CT molecular complexity index is 926. The highest BCUT2D eigenvalue weighted by Gasteiger charge is 2.32. The Labute approximate surface area is 180 Å². The first-order valence-electron chi connectivity index (χ1n) is 10.6. The fourth-order valence-corrected chi connectivity index (χ4v) is 4.17. The quantitative estimate of drug-likeness (QED) is 0.284. The molecule has 0 saturated heterocycles. The maximum atomic E-state index is 12.6. The first-order valence-corrected chi connectivity index (χ1v) is 10.6. The van der Waals surface area contributed by atoms with E-state index < -0.39 is 24.3 Å². The first-order chi connectivity index (χ1) is 14.8. The molecule has 170 valence electrons. The summed E-state index contributed by atoms with van der Waals surface area (Å²) in [5.74, 6) is -0.830. The Kier molecular flexibility index (Phi) is 7.59. The number of phenols is 2. The molecular weight excluding hydrogens is 404 g/mol. The van der Waals surface area contributed by atoms with Gasteiger partial charge in [-0.1, -0.05) is 12.8 Å². The van der Waals surface area contributed by atoms with Crippen LogP contribution in [0.2, 0.25) is 0 Å². The number of hydrogen-bond acceptors (Lipinski definition) is 8. The third-order valence-corrected chi connectivity index (χ3v) is 5.68. The number of aliphatic hydroxyl groups excluding tert-OH is 3. The molecule has 3 atom stereocenters. The van der Waals surface area contributed by atoms with Crippen molar-refractivity contribution in [1.82, 2.24) is 0 Å². The molecule has 0 aromatic heterocycles. The SMILES string of the molecule is COc1cc(O)c2c(O)c3c(cc2c1)C[C@@H](CC(O)CC(O)CCCCCO)OC3=O. The highest BCUT2D eigenvalue weighted by atomic mass is 16.5. The van der Waals surface area contributed by atoms with Crippen LogP contribution in [0.5, 0.6) is 17.2 Å². The van der Waals surface area contributed by atoms with Gasteiger partial charge in [0.15, 0.2) is 0 Å². The standard InChI is InChI=1S/C23H30O8/c1-30-17-8-13-7-14-9-18(11-16(26)10-15(25)5-3-2-4-6-24)31-23(29)21(14)22(28)20(13)19(27)12-17/h7-8,12,15-16,18,24-28H,2-6,9-11H2,1H3/t15?,16?,18-/m0/s1. The normalized spacial score (nSPS) is 17.8. The molecule has 0 radical (unpaired) electrons. The Morgan fingerprint density at radius 3 is 2.61 bits per heavy atom. The molecule has 8 heteroatoms. The Hall–Kier alpha value is -2.55. The van der Waals surface area contributed by atoms with Crippen molar-refractivity contribution in [3.63, 3.8) is 0 Å². The number of benzene rings is 2. The minimum absolute atomic E-state index is 0.0163. The molecule has 0 aliphatic carbocycles. The van der Waals surface area contributed by atoms with Crippen LogP contribution >= 0.6 is 0 Å². The van der Waals surface area contributed by atoms with Gasteiger partial charge < -0.3 is 35.0 Å². The van der Waals surface area contributed by atoms with Crippen LogP contribution < -0.4 is 4.74 Å². The van der Waals surface area contributed by atoms with Crippen LogP contribution in [0.1, 0.15) is 54.4 Å². The Morgan fingerprint density at radius 1 is 1.13 bits per heavy atom. The van der Waals surface area contributed by atoms with E-state index in [1.807, 2.05) is 0 Å². The van der Waals surface area contributed by atoms with Crippen LogP contribution in [-0.2, 0) is 11.2 Å². The predicted octanol–water partition coefficient (Wildman–Crippen LogP) is 2.40. The molecule has 0 fully saturated rings. The van der Waals surface area contributed by atoms with Gasteiger partial charge in [-0.2, -0.15) is 0 Å². The molecule has 1 heterocycles. The summed E-state index contributed by atoms with van der Waals surface area (Å²) in [6, 6.07) is 4.73. The van der Waals surface area contributed by atoms with Gasteiger partial charge in [0.05, 0.1) is 24.7 Å². The molecular formula is C23H30O8. The van der Waals surface area contributed by atoms with Crippen LogP contribution in [0.3, 0.4) is 0 Å². The fraction of sp³-hybridized carbons (Fsp3) is 0.522. The van der Waals surface area contributed by atoms with Crippen molar-refractivity contribution in [2.24, 2.45) is 0 Å². The van der Waals surface area contributed by atoms with Crippen molar-refractivity contribution in [3.8, 4) is 17.2 Å². The number of cyclic esters (lactones) is 1. The van der Waals surface area contributed by atoms with Crippen molar-refractivity contribution >= 4 is 16.7 Å². The molecule has 31 heavy (non-hydrogen) atoms. The van der Waals surface area contributed by atoms with Crippen molar-refractivity contribution in [2.75, 3.05) is 13.7 Å². The number of esters is 1. The highest BCUT2D eigenvalue weighted by molar-refractivity contribution is 6.05. The molecule has 0 saturated carbocycles. The topological polar surface area (TPSA) is 137 Å². The molecule has 8 nitrogen and oxygen atoms in total. The van der Waals surface area contributed by atoms with Gasteiger partial charge in [0.25, 0.3) is 0 Å². The number of unbranched alkanes of at least 4 members (excludes halogenated alkanes) is 2. The number of phenolic OH excluding ortho intramolecular Hbond substituents is 2. The largest absolute Gasteiger partial charge is 0.507 e. The Morgan fingerprint density at radius 2 is 1.90 bits per heavy atom. The number of carbonyl (C=O) groups excluding carboxylic acids is 1. The lowest BCUT2D eigenvalue weighted by molar-refractivity contribution is 0.000693. The van der Waals surface area contributed by atoms with E-state index >= 15 is 0 Å². The monoisotopic (exact) mass is 434 g/mol. The summed E-state index contributed by atoms with van der Waals surface area (Å²) >= 11 is 0. The number of ether oxygens (including phenoxy) is 2. The average Bonchev–Trinajstić information content (AvgIpc) is 2.70. The molecule has 0 amide bonds. The second kappa shape index (κ2) is 10.2. The van der Waals surface area contributed by atoms with E-state index in [2.05, 4.69) is 0 Å². The molecule has 0 bridgehead atoms. The van der Waals surface area contributed by atoms with E-state index in [1.54, 1.807) is 12.1 Å². The number of hydrogen-bond donors (Lipinski definition) is 5. The summed E-state index contributed by atoms with van der Waals surface area (Å²) in [6.07, 6.45) is 1.36. The zero-order chi connectivity index (χ0) is 22.5. The molecule has 1 aliphatic heterocycles. The Balaban J connectivity index is 1.71. The molecule has 2 aromatic rings.